The standard InChI is InChI=1S/C14H14FN3O4/c1-8-5-12(18-22-8)17-13(19)7-16-11-6-9(14(20)21-2)3-4-10(11)15/h3-6,16H,7H2,1-2H3,(H,17,18,19). The molecule has 0 aliphatic rings. The number of anilines is 2. The highest BCUT2D eigenvalue weighted by atomic mass is 19.1. The van der Waals surface area contributed by atoms with Crippen molar-refractivity contribution in [3.05, 3.63) is 41.4 Å². The first kappa shape index (κ1) is 15.5. The Hall–Kier alpha value is -2.90. The summed E-state index contributed by atoms with van der Waals surface area (Å²) in [7, 11) is 1.23. The Morgan fingerprint density at radius 1 is 1.36 bits per heavy atom. The van der Waals surface area contributed by atoms with Gasteiger partial charge in [0, 0.05) is 6.07 Å². The summed E-state index contributed by atoms with van der Waals surface area (Å²) in [5, 5.41) is 8.69. The van der Waals surface area contributed by atoms with Crippen molar-refractivity contribution in [2.45, 2.75) is 6.92 Å². The van der Waals surface area contributed by atoms with E-state index in [1.807, 2.05) is 0 Å². The number of carbonyl (C=O) groups is 2. The fraction of sp³-hybridized carbons (Fsp3) is 0.214. The SMILES string of the molecule is COC(=O)c1ccc(F)c(NCC(=O)Nc2cc(C)on2)c1. The average Bonchev–Trinajstić information content (AvgIpc) is 2.90. The predicted octanol–water partition coefficient (Wildman–Crippen LogP) is 1.96. The van der Waals surface area contributed by atoms with Gasteiger partial charge in [-0.25, -0.2) is 9.18 Å². The van der Waals surface area contributed by atoms with Gasteiger partial charge < -0.3 is 19.9 Å². The molecule has 1 aromatic heterocycles. The van der Waals surface area contributed by atoms with Gasteiger partial charge in [0.1, 0.15) is 11.6 Å². The largest absolute Gasteiger partial charge is 0.465 e. The summed E-state index contributed by atoms with van der Waals surface area (Å²) in [6.07, 6.45) is 0. The molecule has 1 aromatic carbocycles. The van der Waals surface area contributed by atoms with Gasteiger partial charge in [-0.05, 0) is 25.1 Å². The summed E-state index contributed by atoms with van der Waals surface area (Å²) in [5.41, 5.74) is 0.202. The minimum atomic E-state index is -0.592. The number of nitrogens with one attached hydrogen (secondary N) is 2. The van der Waals surface area contributed by atoms with E-state index < -0.39 is 17.7 Å². The monoisotopic (exact) mass is 307 g/mol. The molecule has 0 saturated carbocycles. The minimum absolute atomic E-state index is 0.0226. The predicted molar refractivity (Wildman–Crippen MR) is 76.1 cm³/mol. The third-order valence-electron chi connectivity index (χ3n) is 2.72. The highest BCUT2D eigenvalue weighted by Crippen LogP contribution is 2.16. The Labute approximate surface area is 125 Å². The van der Waals surface area contributed by atoms with E-state index in [2.05, 4.69) is 20.5 Å². The number of rotatable bonds is 5. The van der Waals surface area contributed by atoms with Crippen LogP contribution in [0.25, 0.3) is 0 Å². The Bertz CT molecular complexity index is 699. The molecule has 0 atom stereocenters. The fourth-order valence-electron chi connectivity index (χ4n) is 1.69. The van der Waals surface area contributed by atoms with E-state index in [4.69, 9.17) is 4.52 Å². The number of hydrogen-bond acceptors (Lipinski definition) is 6. The normalized spacial score (nSPS) is 10.1. The van der Waals surface area contributed by atoms with Crippen LogP contribution in [0.1, 0.15) is 16.1 Å². The quantitative estimate of drug-likeness (QED) is 0.820. The number of hydrogen-bond donors (Lipinski definition) is 2. The summed E-state index contributed by atoms with van der Waals surface area (Å²) in [5.74, 6) is -0.785. The Morgan fingerprint density at radius 2 is 2.14 bits per heavy atom. The van der Waals surface area contributed by atoms with Crippen molar-refractivity contribution in [2.24, 2.45) is 0 Å². The van der Waals surface area contributed by atoms with Crippen molar-refractivity contribution in [2.75, 3.05) is 24.3 Å². The van der Waals surface area contributed by atoms with E-state index >= 15 is 0 Å². The van der Waals surface area contributed by atoms with Gasteiger partial charge in [-0.1, -0.05) is 5.16 Å². The molecular formula is C14H14FN3O4. The lowest BCUT2D eigenvalue weighted by molar-refractivity contribution is -0.114. The van der Waals surface area contributed by atoms with Crippen LogP contribution >= 0.6 is 0 Å². The summed E-state index contributed by atoms with van der Waals surface area (Å²) in [4.78, 5) is 23.1. The van der Waals surface area contributed by atoms with Gasteiger partial charge in [0.05, 0.1) is 24.9 Å². The molecule has 1 heterocycles. The number of nitrogens with zero attached hydrogens (tertiary/aromatic N) is 1. The van der Waals surface area contributed by atoms with Crippen molar-refractivity contribution in [1.82, 2.24) is 5.16 Å². The average molecular weight is 307 g/mol. The first-order chi connectivity index (χ1) is 10.5. The molecule has 2 aromatic rings. The van der Waals surface area contributed by atoms with Crippen molar-refractivity contribution in [3.8, 4) is 0 Å². The molecule has 0 aliphatic carbocycles. The number of aromatic nitrogens is 1. The summed E-state index contributed by atoms with van der Waals surface area (Å²) >= 11 is 0. The maximum atomic E-state index is 13.6. The summed E-state index contributed by atoms with van der Waals surface area (Å²) < 4.78 is 23.0. The van der Waals surface area contributed by atoms with Crippen LogP contribution in [0.15, 0.2) is 28.8 Å². The highest BCUT2D eigenvalue weighted by Gasteiger charge is 2.11. The molecule has 0 bridgehead atoms. The second-order valence-electron chi connectivity index (χ2n) is 4.41. The smallest absolute Gasteiger partial charge is 0.337 e. The van der Waals surface area contributed by atoms with E-state index in [9.17, 15) is 14.0 Å². The zero-order chi connectivity index (χ0) is 16.1. The Balaban J connectivity index is 1.98. The van der Waals surface area contributed by atoms with Crippen LogP contribution in [0.4, 0.5) is 15.9 Å². The molecule has 0 radical (unpaired) electrons. The maximum absolute atomic E-state index is 13.6. The highest BCUT2D eigenvalue weighted by molar-refractivity contribution is 5.93. The number of esters is 1. The van der Waals surface area contributed by atoms with Crippen LogP contribution in [0.5, 0.6) is 0 Å². The van der Waals surface area contributed by atoms with E-state index in [1.165, 1.54) is 19.2 Å². The minimum Gasteiger partial charge on any atom is -0.465 e. The maximum Gasteiger partial charge on any atom is 0.337 e. The Kier molecular flexibility index (Phi) is 4.72. The number of halogens is 1. The molecule has 2 rings (SSSR count). The number of aryl methyl sites for hydroxylation is 1. The van der Waals surface area contributed by atoms with Crippen molar-refractivity contribution < 1.29 is 23.2 Å². The van der Waals surface area contributed by atoms with Gasteiger partial charge in [0.25, 0.3) is 0 Å². The second-order valence-corrected chi connectivity index (χ2v) is 4.41. The molecule has 0 aliphatic heterocycles. The number of benzene rings is 1. The molecule has 22 heavy (non-hydrogen) atoms. The van der Waals surface area contributed by atoms with Crippen molar-refractivity contribution >= 4 is 23.4 Å². The molecule has 2 N–H and O–H groups in total. The van der Waals surface area contributed by atoms with Crippen molar-refractivity contribution in [3.63, 3.8) is 0 Å². The molecule has 116 valence electrons. The lowest BCUT2D eigenvalue weighted by atomic mass is 10.2. The number of methoxy groups -OCH3 is 1. The van der Waals surface area contributed by atoms with Crippen LogP contribution in [0, 0.1) is 12.7 Å². The fourth-order valence-corrected chi connectivity index (χ4v) is 1.69. The van der Waals surface area contributed by atoms with Gasteiger partial charge in [-0.3, -0.25) is 4.79 Å². The zero-order valence-electron chi connectivity index (χ0n) is 12.0. The van der Waals surface area contributed by atoms with Gasteiger partial charge in [-0.2, -0.15) is 0 Å². The molecule has 0 unspecified atom stereocenters. The third-order valence-corrected chi connectivity index (χ3v) is 2.72. The molecule has 7 nitrogen and oxygen atoms in total. The lowest BCUT2D eigenvalue weighted by Crippen LogP contribution is -2.22. The Morgan fingerprint density at radius 3 is 2.77 bits per heavy atom. The van der Waals surface area contributed by atoms with Gasteiger partial charge in [0.2, 0.25) is 5.91 Å². The van der Waals surface area contributed by atoms with Crippen LogP contribution < -0.4 is 10.6 Å². The zero-order valence-corrected chi connectivity index (χ0v) is 12.0. The topological polar surface area (TPSA) is 93.5 Å². The van der Waals surface area contributed by atoms with E-state index in [0.29, 0.717) is 5.76 Å². The lowest BCUT2D eigenvalue weighted by Gasteiger charge is -2.08. The van der Waals surface area contributed by atoms with Crippen LogP contribution in [0.2, 0.25) is 0 Å². The summed E-state index contributed by atoms with van der Waals surface area (Å²) in [6.45, 7) is 1.49. The van der Waals surface area contributed by atoms with Gasteiger partial charge >= 0.3 is 5.97 Å². The first-order valence-corrected chi connectivity index (χ1v) is 6.34. The van der Waals surface area contributed by atoms with Crippen LogP contribution in [-0.2, 0) is 9.53 Å². The van der Waals surface area contributed by atoms with Crippen molar-refractivity contribution in [1.29, 1.82) is 0 Å². The van der Waals surface area contributed by atoms with Gasteiger partial charge in [-0.15, -0.1) is 0 Å². The number of ether oxygens (including phenoxy) is 1. The molecule has 0 saturated heterocycles. The molecule has 0 spiro atoms. The second kappa shape index (κ2) is 6.70. The van der Waals surface area contributed by atoms with E-state index in [-0.39, 0.29) is 23.6 Å². The van der Waals surface area contributed by atoms with Crippen LogP contribution in [-0.4, -0.2) is 30.7 Å². The third kappa shape index (κ3) is 3.81. The van der Waals surface area contributed by atoms with E-state index in [1.54, 1.807) is 13.0 Å². The first-order valence-electron chi connectivity index (χ1n) is 6.34. The van der Waals surface area contributed by atoms with Crippen LogP contribution in [0.3, 0.4) is 0 Å². The molecule has 1 amide bonds. The number of carbonyl (C=O) groups excluding carboxylic acids is 2. The molecular weight excluding hydrogens is 293 g/mol. The molecule has 8 heteroatoms. The molecule has 0 fully saturated rings. The van der Waals surface area contributed by atoms with E-state index in [0.717, 1.165) is 6.07 Å². The summed E-state index contributed by atoms with van der Waals surface area (Å²) in [6, 6.07) is 5.24. The number of amides is 1. The van der Waals surface area contributed by atoms with Gasteiger partial charge in [0.15, 0.2) is 5.82 Å².